The Morgan fingerprint density at radius 1 is 0.926 bits per heavy atom. The van der Waals surface area contributed by atoms with Crippen molar-refractivity contribution in [2.24, 2.45) is 0 Å². The zero-order valence-corrected chi connectivity index (χ0v) is 16.7. The maximum Gasteiger partial charge on any atom is 0.344 e. The molecule has 0 spiro atoms. The summed E-state index contributed by atoms with van der Waals surface area (Å²) < 4.78 is 16.1. The van der Waals surface area contributed by atoms with Crippen molar-refractivity contribution in [3.05, 3.63) is 57.7 Å². The van der Waals surface area contributed by atoms with Crippen LogP contribution < -0.4 is 10.1 Å². The maximum atomic E-state index is 11.8. The van der Waals surface area contributed by atoms with E-state index in [1.165, 1.54) is 12.1 Å². The van der Waals surface area contributed by atoms with Gasteiger partial charge < -0.3 is 19.5 Å². The Balaban J connectivity index is 1.72. The van der Waals surface area contributed by atoms with E-state index >= 15 is 0 Å². The summed E-state index contributed by atoms with van der Waals surface area (Å²) in [4.78, 5) is 35.0. The van der Waals surface area contributed by atoms with Gasteiger partial charge in [-0.2, -0.15) is 0 Å². The Bertz CT molecular complexity index is 789. The monoisotopic (exact) mass is 483 g/mol. The molecular formula is C19H18INO6. The Labute approximate surface area is 170 Å². The van der Waals surface area contributed by atoms with E-state index < -0.39 is 24.5 Å². The van der Waals surface area contributed by atoms with Crippen molar-refractivity contribution in [3.8, 4) is 5.75 Å². The van der Waals surface area contributed by atoms with Crippen molar-refractivity contribution in [3.63, 3.8) is 0 Å². The summed E-state index contributed by atoms with van der Waals surface area (Å²) in [6.45, 7) is 1.28. The molecule has 142 valence electrons. The highest BCUT2D eigenvalue weighted by Gasteiger charge is 2.10. The highest BCUT2D eigenvalue weighted by Crippen LogP contribution is 2.13. The number of carbonyl (C=O) groups excluding carboxylic acids is 3. The predicted octanol–water partition coefficient (Wildman–Crippen LogP) is 3.03. The molecule has 0 heterocycles. The lowest BCUT2D eigenvalue weighted by Gasteiger charge is -2.08. The molecule has 0 aliphatic carbocycles. The van der Waals surface area contributed by atoms with E-state index in [1.54, 1.807) is 31.2 Å². The van der Waals surface area contributed by atoms with Crippen molar-refractivity contribution in [1.82, 2.24) is 0 Å². The number of halogens is 1. The van der Waals surface area contributed by atoms with Gasteiger partial charge >= 0.3 is 11.9 Å². The van der Waals surface area contributed by atoms with Crippen LogP contribution in [-0.2, 0) is 19.1 Å². The molecule has 0 aromatic heterocycles. The minimum Gasteiger partial charge on any atom is -0.482 e. The summed E-state index contributed by atoms with van der Waals surface area (Å²) in [6.07, 6.45) is 0. The molecule has 0 bridgehead atoms. The molecule has 1 N–H and O–H groups in total. The molecular weight excluding hydrogens is 465 g/mol. The van der Waals surface area contributed by atoms with Gasteiger partial charge in [0.1, 0.15) is 5.75 Å². The molecule has 7 nitrogen and oxygen atoms in total. The zero-order valence-electron chi connectivity index (χ0n) is 14.6. The minimum absolute atomic E-state index is 0.288. The largest absolute Gasteiger partial charge is 0.482 e. The molecule has 2 aromatic carbocycles. The molecule has 0 atom stereocenters. The van der Waals surface area contributed by atoms with Crippen molar-refractivity contribution in [1.29, 1.82) is 0 Å². The minimum atomic E-state index is -0.652. The molecule has 0 fully saturated rings. The number of hydrogen-bond donors (Lipinski definition) is 1. The van der Waals surface area contributed by atoms with Gasteiger partial charge in [-0.3, -0.25) is 4.79 Å². The molecule has 0 radical (unpaired) electrons. The Kier molecular flexibility index (Phi) is 8.05. The van der Waals surface area contributed by atoms with Gasteiger partial charge in [0, 0.05) is 9.26 Å². The van der Waals surface area contributed by atoms with E-state index in [1.807, 2.05) is 12.1 Å². The van der Waals surface area contributed by atoms with E-state index in [9.17, 15) is 14.4 Å². The third kappa shape index (κ3) is 7.26. The normalized spacial score (nSPS) is 10.0. The number of nitrogens with one attached hydrogen (secondary N) is 1. The number of esters is 2. The van der Waals surface area contributed by atoms with Gasteiger partial charge in [-0.1, -0.05) is 0 Å². The number of rotatable bonds is 8. The van der Waals surface area contributed by atoms with E-state index in [-0.39, 0.29) is 13.2 Å². The zero-order chi connectivity index (χ0) is 19.6. The maximum absolute atomic E-state index is 11.8. The van der Waals surface area contributed by atoms with Gasteiger partial charge in [-0.05, 0) is 78.0 Å². The first-order valence-corrected chi connectivity index (χ1v) is 9.17. The van der Waals surface area contributed by atoms with Crippen LogP contribution in [0.5, 0.6) is 5.75 Å². The number of benzene rings is 2. The third-order valence-electron chi connectivity index (χ3n) is 3.21. The topological polar surface area (TPSA) is 90.9 Å². The Hall–Kier alpha value is -2.62. The fraction of sp³-hybridized carbons (Fsp3) is 0.211. The third-order valence-corrected chi connectivity index (χ3v) is 3.93. The van der Waals surface area contributed by atoms with Crippen LogP contribution in [-0.4, -0.2) is 37.7 Å². The molecule has 1 amide bonds. The lowest BCUT2D eigenvalue weighted by atomic mass is 10.2. The SMILES string of the molecule is CCOC(=O)c1ccc(NC(=O)COC(=O)COc2ccc(I)cc2)cc1. The Morgan fingerprint density at radius 2 is 1.59 bits per heavy atom. The fourth-order valence-electron chi connectivity index (χ4n) is 1.96. The first-order chi connectivity index (χ1) is 13.0. The summed E-state index contributed by atoms with van der Waals surface area (Å²) in [5, 5.41) is 2.57. The first-order valence-electron chi connectivity index (χ1n) is 8.09. The standard InChI is InChI=1S/C19H18INO6/c1-2-25-19(24)13-3-7-15(8-4-13)21-17(22)11-27-18(23)12-26-16-9-5-14(20)6-10-16/h3-10H,2,11-12H2,1H3,(H,21,22). The molecule has 0 aliphatic rings. The summed E-state index contributed by atoms with van der Waals surface area (Å²) >= 11 is 2.16. The molecule has 2 rings (SSSR count). The first kappa shape index (κ1) is 20.7. The summed E-state index contributed by atoms with van der Waals surface area (Å²) in [5.41, 5.74) is 0.855. The average Bonchev–Trinajstić information content (AvgIpc) is 2.66. The van der Waals surface area contributed by atoms with Crippen molar-refractivity contribution in [2.75, 3.05) is 25.1 Å². The van der Waals surface area contributed by atoms with E-state index in [2.05, 4.69) is 27.9 Å². The van der Waals surface area contributed by atoms with Crippen LogP contribution in [0.2, 0.25) is 0 Å². The van der Waals surface area contributed by atoms with E-state index in [0.29, 0.717) is 17.0 Å². The molecule has 0 unspecified atom stereocenters. The smallest absolute Gasteiger partial charge is 0.344 e. The predicted molar refractivity (Wildman–Crippen MR) is 107 cm³/mol. The molecule has 0 aliphatic heterocycles. The van der Waals surface area contributed by atoms with Gasteiger partial charge in [0.25, 0.3) is 5.91 Å². The lowest BCUT2D eigenvalue weighted by Crippen LogP contribution is -2.23. The van der Waals surface area contributed by atoms with Crippen LogP contribution in [0.1, 0.15) is 17.3 Å². The quantitative estimate of drug-likeness (QED) is 0.459. The van der Waals surface area contributed by atoms with Gasteiger partial charge in [0.15, 0.2) is 13.2 Å². The molecule has 27 heavy (non-hydrogen) atoms. The number of amides is 1. The number of ether oxygens (including phenoxy) is 3. The van der Waals surface area contributed by atoms with Crippen molar-refractivity contribution >= 4 is 46.1 Å². The second-order valence-corrected chi connectivity index (χ2v) is 6.49. The van der Waals surface area contributed by atoms with Crippen LogP contribution in [0.4, 0.5) is 5.69 Å². The van der Waals surface area contributed by atoms with Crippen LogP contribution in [0.25, 0.3) is 0 Å². The Morgan fingerprint density at radius 3 is 2.22 bits per heavy atom. The number of anilines is 1. The van der Waals surface area contributed by atoms with Gasteiger partial charge in [0.2, 0.25) is 0 Å². The second-order valence-electron chi connectivity index (χ2n) is 5.25. The van der Waals surface area contributed by atoms with Crippen LogP contribution in [0.3, 0.4) is 0 Å². The summed E-state index contributed by atoms with van der Waals surface area (Å²) in [5.74, 6) is -1.04. The van der Waals surface area contributed by atoms with Gasteiger partial charge in [-0.15, -0.1) is 0 Å². The number of hydrogen-bond acceptors (Lipinski definition) is 6. The summed E-state index contributed by atoms with van der Waals surface area (Å²) in [7, 11) is 0. The van der Waals surface area contributed by atoms with Crippen LogP contribution in [0, 0.1) is 3.57 Å². The van der Waals surface area contributed by atoms with E-state index in [0.717, 1.165) is 3.57 Å². The van der Waals surface area contributed by atoms with Gasteiger partial charge in [-0.25, -0.2) is 9.59 Å². The fourth-order valence-corrected chi connectivity index (χ4v) is 2.32. The second kappa shape index (κ2) is 10.5. The van der Waals surface area contributed by atoms with Crippen molar-refractivity contribution in [2.45, 2.75) is 6.92 Å². The van der Waals surface area contributed by atoms with Crippen LogP contribution in [0.15, 0.2) is 48.5 Å². The van der Waals surface area contributed by atoms with E-state index in [4.69, 9.17) is 14.2 Å². The summed E-state index contributed by atoms with van der Waals surface area (Å²) in [6, 6.07) is 13.4. The van der Waals surface area contributed by atoms with Crippen LogP contribution >= 0.6 is 22.6 Å². The van der Waals surface area contributed by atoms with Gasteiger partial charge in [0.05, 0.1) is 12.2 Å². The highest BCUT2D eigenvalue weighted by atomic mass is 127. The molecule has 0 saturated carbocycles. The van der Waals surface area contributed by atoms with Crippen molar-refractivity contribution < 1.29 is 28.6 Å². The molecule has 0 saturated heterocycles. The molecule has 2 aromatic rings. The molecule has 8 heteroatoms. The highest BCUT2D eigenvalue weighted by molar-refractivity contribution is 14.1. The number of carbonyl (C=O) groups is 3. The lowest BCUT2D eigenvalue weighted by molar-refractivity contribution is -0.149. The average molecular weight is 483 g/mol.